The van der Waals surface area contributed by atoms with Crippen molar-refractivity contribution in [2.24, 2.45) is 11.8 Å². The fourth-order valence-corrected chi connectivity index (χ4v) is 3.36. The van der Waals surface area contributed by atoms with Crippen molar-refractivity contribution in [1.82, 2.24) is 10.2 Å². The molecule has 4 heteroatoms. The van der Waals surface area contributed by atoms with Crippen LogP contribution in [0.2, 0.25) is 0 Å². The Hall–Kier alpha value is -0.610. The number of piperidine rings is 1. The molecular formula is C15H28N2O2. The molecule has 3 atom stereocenters. The van der Waals surface area contributed by atoms with Crippen LogP contribution in [0, 0.1) is 11.8 Å². The first-order chi connectivity index (χ1) is 9.08. The first-order valence-electron chi connectivity index (χ1n) is 7.77. The third-order valence-corrected chi connectivity index (χ3v) is 4.66. The molecule has 0 bridgehead atoms. The molecule has 1 saturated heterocycles. The Balaban J connectivity index is 1.74. The van der Waals surface area contributed by atoms with Gasteiger partial charge < -0.3 is 15.3 Å². The van der Waals surface area contributed by atoms with Crippen LogP contribution in [-0.2, 0) is 4.79 Å². The first kappa shape index (κ1) is 14.8. The van der Waals surface area contributed by atoms with Crippen LogP contribution in [0.4, 0.5) is 0 Å². The Morgan fingerprint density at radius 3 is 2.74 bits per heavy atom. The number of hydrogen-bond donors (Lipinski definition) is 2. The van der Waals surface area contributed by atoms with Crippen LogP contribution < -0.4 is 5.32 Å². The second-order valence-electron chi connectivity index (χ2n) is 6.45. The summed E-state index contributed by atoms with van der Waals surface area (Å²) in [7, 11) is 0. The number of carbonyl (C=O) groups is 1. The second kappa shape index (κ2) is 6.71. The SMILES string of the molecule is CC(C)N1CCCC(CNC(=O)C2CCCC2O)C1. The molecule has 1 saturated carbocycles. The average molecular weight is 268 g/mol. The van der Waals surface area contributed by atoms with E-state index in [1.807, 2.05) is 0 Å². The van der Waals surface area contributed by atoms with Gasteiger partial charge in [-0.15, -0.1) is 0 Å². The molecule has 1 aliphatic carbocycles. The van der Waals surface area contributed by atoms with Crippen molar-refractivity contribution in [3.8, 4) is 0 Å². The number of aliphatic hydroxyl groups is 1. The summed E-state index contributed by atoms with van der Waals surface area (Å²) in [6, 6.07) is 0.593. The molecule has 2 fully saturated rings. The van der Waals surface area contributed by atoms with E-state index in [2.05, 4.69) is 24.1 Å². The highest BCUT2D eigenvalue weighted by atomic mass is 16.3. The van der Waals surface area contributed by atoms with E-state index in [4.69, 9.17) is 0 Å². The molecular weight excluding hydrogens is 240 g/mol. The molecule has 3 unspecified atom stereocenters. The third kappa shape index (κ3) is 3.93. The summed E-state index contributed by atoms with van der Waals surface area (Å²) < 4.78 is 0. The van der Waals surface area contributed by atoms with E-state index in [0.717, 1.165) is 32.4 Å². The second-order valence-corrected chi connectivity index (χ2v) is 6.45. The Bertz CT molecular complexity index is 307. The van der Waals surface area contributed by atoms with Gasteiger partial charge in [0.15, 0.2) is 0 Å². The van der Waals surface area contributed by atoms with Gasteiger partial charge in [0, 0.05) is 19.1 Å². The fourth-order valence-electron chi connectivity index (χ4n) is 3.36. The minimum Gasteiger partial charge on any atom is -0.392 e. The number of rotatable bonds is 4. The zero-order valence-corrected chi connectivity index (χ0v) is 12.3. The van der Waals surface area contributed by atoms with Crippen LogP contribution in [-0.4, -0.2) is 47.7 Å². The number of carbonyl (C=O) groups excluding carboxylic acids is 1. The Labute approximate surface area is 116 Å². The van der Waals surface area contributed by atoms with Gasteiger partial charge >= 0.3 is 0 Å². The zero-order chi connectivity index (χ0) is 13.8. The highest BCUT2D eigenvalue weighted by Gasteiger charge is 2.31. The molecule has 19 heavy (non-hydrogen) atoms. The molecule has 0 aromatic heterocycles. The van der Waals surface area contributed by atoms with Crippen LogP contribution in [0.5, 0.6) is 0 Å². The fraction of sp³-hybridized carbons (Fsp3) is 0.933. The van der Waals surface area contributed by atoms with E-state index in [1.165, 1.54) is 19.4 Å². The topological polar surface area (TPSA) is 52.6 Å². The van der Waals surface area contributed by atoms with Gasteiger partial charge in [0.05, 0.1) is 12.0 Å². The summed E-state index contributed by atoms with van der Waals surface area (Å²) in [5.41, 5.74) is 0. The Morgan fingerprint density at radius 2 is 2.11 bits per heavy atom. The minimum absolute atomic E-state index is 0.0617. The summed E-state index contributed by atoms with van der Waals surface area (Å²) in [4.78, 5) is 14.5. The van der Waals surface area contributed by atoms with Crippen molar-refractivity contribution in [2.45, 2.75) is 58.1 Å². The zero-order valence-electron chi connectivity index (χ0n) is 12.3. The molecule has 2 N–H and O–H groups in total. The van der Waals surface area contributed by atoms with E-state index in [-0.39, 0.29) is 11.8 Å². The highest BCUT2D eigenvalue weighted by molar-refractivity contribution is 5.79. The molecule has 0 aromatic rings. The smallest absolute Gasteiger partial charge is 0.225 e. The molecule has 0 spiro atoms. The summed E-state index contributed by atoms with van der Waals surface area (Å²) in [6.07, 6.45) is 4.61. The predicted molar refractivity (Wildman–Crippen MR) is 75.8 cm³/mol. The van der Waals surface area contributed by atoms with E-state index in [9.17, 15) is 9.90 Å². The summed E-state index contributed by atoms with van der Waals surface area (Å²) >= 11 is 0. The van der Waals surface area contributed by atoms with E-state index in [0.29, 0.717) is 12.0 Å². The monoisotopic (exact) mass is 268 g/mol. The number of nitrogens with zero attached hydrogens (tertiary/aromatic N) is 1. The first-order valence-corrected chi connectivity index (χ1v) is 7.77. The lowest BCUT2D eigenvalue weighted by molar-refractivity contribution is -0.127. The van der Waals surface area contributed by atoms with Gasteiger partial charge in [-0.3, -0.25) is 4.79 Å². The number of amides is 1. The van der Waals surface area contributed by atoms with Crippen molar-refractivity contribution in [3.05, 3.63) is 0 Å². The largest absolute Gasteiger partial charge is 0.392 e. The van der Waals surface area contributed by atoms with Crippen molar-refractivity contribution in [1.29, 1.82) is 0 Å². The maximum atomic E-state index is 12.0. The summed E-state index contributed by atoms with van der Waals surface area (Å²) in [5.74, 6) is 0.468. The van der Waals surface area contributed by atoms with Gasteiger partial charge in [-0.2, -0.15) is 0 Å². The quantitative estimate of drug-likeness (QED) is 0.810. The van der Waals surface area contributed by atoms with Gasteiger partial charge in [-0.1, -0.05) is 0 Å². The highest BCUT2D eigenvalue weighted by Crippen LogP contribution is 2.25. The molecule has 2 aliphatic rings. The number of nitrogens with one attached hydrogen (secondary N) is 1. The third-order valence-electron chi connectivity index (χ3n) is 4.66. The predicted octanol–water partition coefficient (Wildman–Crippen LogP) is 1.38. The van der Waals surface area contributed by atoms with Gasteiger partial charge in [0.25, 0.3) is 0 Å². The van der Waals surface area contributed by atoms with Gasteiger partial charge in [0.1, 0.15) is 0 Å². The number of hydrogen-bond acceptors (Lipinski definition) is 3. The van der Waals surface area contributed by atoms with E-state index < -0.39 is 6.10 Å². The van der Waals surface area contributed by atoms with Gasteiger partial charge in [0.2, 0.25) is 5.91 Å². The average Bonchev–Trinajstić information content (AvgIpc) is 2.82. The maximum absolute atomic E-state index is 12.0. The molecule has 1 amide bonds. The Kier molecular flexibility index (Phi) is 5.22. The standard InChI is InChI=1S/C15H28N2O2/c1-11(2)17-8-4-5-12(10-17)9-16-15(19)13-6-3-7-14(13)18/h11-14,18H,3-10H2,1-2H3,(H,16,19). The molecule has 4 nitrogen and oxygen atoms in total. The minimum atomic E-state index is -0.418. The van der Waals surface area contributed by atoms with Crippen LogP contribution in [0.25, 0.3) is 0 Å². The van der Waals surface area contributed by atoms with E-state index in [1.54, 1.807) is 0 Å². The lowest BCUT2D eigenvalue weighted by Crippen LogP contribution is -2.45. The summed E-state index contributed by atoms with van der Waals surface area (Å²) in [6.45, 7) is 7.51. The molecule has 1 heterocycles. The molecule has 2 rings (SSSR count). The number of aliphatic hydroxyl groups excluding tert-OH is 1. The Morgan fingerprint density at radius 1 is 1.32 bits per heavy atom. The number of likely N-dealkylation sites (tertiary alicyclic amines) is 1. The van der Waals surface area contributed by atoms with Crippen molar-refractivity contribution >= 4 is 5.91 Å². The van der Waals surface area contributed by atoms with Gasteiger partial charge in [-0.05, 0) is 58.4 Å². The van der Waals surface area contributed by atoms with Crippen molar-refractivity contribution in [3.63, 3.8) is 0 Å². The van der Waals surface area contributed by atoms with Crippen molar-refractivity contribution in [2.75, 3.05) is 19.6 Å². The van der Waals surface area contributed by atoms with E-state index >= 15 is 0 Å². The van der Waals surface area contributed by atoms with Crippen LogP contribution in [0.3, 0.4) is 0 Å². The van der Waals surface area contributed by atoms with Crippen LogP contribution in [0.15, 0.2) is 0 Å². The van der Waals surface area contributed by atoms with Crippen molar-refractivity contribution < 1.29 is 9.90 Å². The molecule has 1 aliphatic heterocycles. The molecule has 110 valence electrons. The maximum Gasteiger partial charge on any atom is 0.225 e. The van der Waals surface area contributed by atoms with Gasteiger partial charge in [-0.25, -0.2) is 0 Å². The van der Waals surface area contributed by atoms with Crippen LogP contribution in [0.1, 0.15) is 46.0 Å². The molecule has 0 aromatic carbocycles. The lowest BCUT2D eigenvalue weighted by atomic mass is 9.96. The molecule has 0 radical (unpaired) electrons. The normalized spacial score (nSPS) is 32.7. The lowest BCUT2D eigenvalue weighted by Gasteiger charge is -2.35. The summed E-state index contributed by atoms with van der Waals surface area (Å²) in [5, 5.41) is 12.8. The van der Waals surface area contributed by atoms with Crippen LogP contribution >= 0.6 is 0 Å².